The highest BCUT2D eigenvalue weighted by atomic mass is 16.3. The Morgan fingerprint density at radius 3 is 2.06 bits per heavy atom. The molecule has 6 heteroatoms. The smallest absolute Gasteiger partial charge is 0.273 e. The predicted octanol–water partition coefficient (Wildman–Crippen LogP) is 3.63. The number of para-hydroxylation sites is 1. The fourth-order valence-corrected chi connectivity index (χ4v) is 3.59. The third-order valence-corrected chi connectivity index (χ3v) is 5.25. The summed E-state index contributed by atoms with van der Waals surface area (Å²) < 4.78 is 0. The molecule has 1 aromatic heterocycles. The first-order valence-corrected chi connectivity index (χ1v) is 10.2. The van der Waals surface area contributed by atoms with E-state index in [0.717, 1.165) is 22.4 Å². The summed E-state index contributed by atoms with van der Waals surface area (Å²) >= 11 is 0. The van der Waals surface area contributed by atoms with E-state index in [1.807, 2.05) is 67.6 Å². The summed E-state index contributed by atoms with van der Waals surface area (Å²) in [6.07, 6.45) is 0. The van der Waals surface area contributed by atoms with Crippen molar-refractivity contribution in [2.45, 2.75) is 19.4 Å². The summed E-state index contributed by atoms with van der Waals surface area (Å²) in [5.74, 6) is -0.365. The van der Waals surface area contributed by atoms with E-state index in [4.69, 9.17) is 0 Å². The molecule has 1 heterocycles. The number of nitrogens with zero attached hydrogens (tertiary/aromatic N) is 3. The molecule has 0 spiro atoms. The van der Waals surface area contributed by atoms with Gasteiger partial charge in [-0.15, -0.1) is 10.2 Å². The van der Waals surface area contributed by atoms with Gasteiger partial charge in [0.15, 0.2) is 5.69 Å². The maximum Gasteiger partial charge on any atom is 0.273 e. The lowest BCUT2D eigenvalue weighted by Crippen LogP contribution is -2.30. The molecule has 0 aliphatic carbocycles. The maximum absolute atomic E-state index is 13.0. The van der Waals surface area contributed by atoms with Crippen LogP contribution in [0.15, 0.2) is 84.9 Å². The molecule has 1 amide bonds. The van der Waals surface area contributed by atoms with E-state index in [0.29, 0.717) is 6.54 Å². The molecule has 0 fully saturated rings. The Hall–Kier alpha value is -3.77. The summed E-state index contributed by atoms with van der Waals surface area (Å²) in [4.78, 5) is 14.4. The van der Waals surface area contributed by atoms with Crippen LogP contribution in [-0.4, -0.2) is 32.6 Å². The van der Waals surface area contributed by atoms with Gasteiger partial charge in [0.1, 0.15) is 5.69 Å². The van der Waals surface area contributed by atoms with E-state index in [1.54, 1.807) is 0 Å². The lowest BCUT2D eigenvalue weighted by atomic mass is 9.91. The van der Waals surface area contributed by atoms with E-state index in [1.165, 1.54) is 4.80 Å². The van der Waals surface area contributed by atoms with Crippen molar-refractivity contribution < 1.29 is 9.90 Å². The maximum atomic E-state index is 13.0. The van der Waals surface area contributed by atoms with Crippen LogP contribution in [0.25, 0.3) is 5.69 Å². The zero-order chi connectivity index (χ0) is 21.6. The molecule has 0 radical (unpaired) electrons. The number of aromatic nitrogens is 3. The highest BCUT2D eigenvalue weighted by molar-refractivity contribution is 5.93. The Morgan fingerprint density at radius 1 is 0.903 bits per heavy atom. The molecular weight excluding hydrogens is 388 g/mol. The second kappa shape index (κ2) is 9.36. The van der Waals surface area contributed by atoms with Crippen LogP contribution in [0.3, 0.4) is 0 Å². The van der Waals surface area contributed by atoms with Gasteiger partial charge in [-0.1, -0.05) is 78.9 Å². The average Bonchev–Trinajstić information content (AvgIpc) is 3.25. The molecule has 4 rings (SSSR count). The van der Waals surface area contributed by atoms with Gasteiger partial charge in [-0.05, 0) is 29.7 Å². The molecule has 4 aromatic rings. The Morgan fingerprint density at radius 2 is 1.48 bits per heavy atom. The SMILES string of the molecule is Cc1ccccc1-n1nc(CO)c(C(=O)NCC(c2ccccc2)c2ccccc2)n1. The van der Waals surface area contributed by atoms with Gasteiger partial charge in [0.05, 0.1) is 12.3 Å². The molecule has 2 N–H and O–H groups in total. The van der Waals surface area contributed by atoms with Crippen LogP contribution < -0.4 is 5.32 Å². The van der Waals surface area contributed by atoms with Crippen molar-refractivity contribution in [1.29, 1.82) is 0 Å². The molecule has 6 nitrogen and oxygen atoms in total. The number of amides is 1. The van der Waals surface area contributed by atoms with Crippen LogP contribution in [0.4, 0.5) is 0 Å². The van der Waals surface area contributed by atoms with Crippen LogP contribution >= 0.6 is 0 Å². The van der Waals surface area contributed by atoms with E-state index < -0.39 is 0 Å². The fourth-order valence-electron chi connectivity index (χ4n) is 3.59. The number of aliphatic hydroxyl groups is 1. The summed E-state index contributed by atoms with van der Waals surface area (Å²) in [6, 6.07) is 27.8. The van der Waals surface area contributed by atoms with E-state index in [9.17, 15) is 9.90 Å². The van der Waals surface area contributed by atoms with Crippen molar-refractivity contribution in [2.24, 2.45) is 0 Å². The van der Waals surface area contributed by atoms with Crippen molar-refractivity contribution in [3.8, 4) is 5.69 Å². The Labute approximate surface area is 181 Å². The Balaban J connectivity index is 1.58. The van der Waals surface area contributed by atoms with Gasteiger partial charge in [0.2, 0.25) is 0 Å². The number of carbonyl (C=O) groups is 1. The molecule has 0 aliphatic heterocycles. The van der Waals surface area contributed by atoms with Crippen LogP contribution in [0.2, 0.25) is 0 Å². The van der Waals surface area contributed by atoms with Crippen molar-refractivity contribution in [1.82, 2.24) is 20.3 Å². The monoisotopic (exact) mass is 412 g/mol. The molecule has 0 unspecified atom stereocenters. The standard InChI is InChI=1S/C25H24N4O2/c1-18-10-8-9-15-23(18)29-27-22(17-30)24(28-29)25(31)26-16-21(19-11-4-2-5-12-19)20-13-6-3-7-14-20/h2-15,21,30H,16-17H2,1H3,(H,26,31). The number of carbonyl (C=O) groups excluding carboxylic acids is 1. The number of hydrogen-bond acceptors (Lipinski definition) is 4. The third-order valence-electron chi connectivity index (χ3n) is 5.25. The second-order valence-electron chi connectivity index (χ2n) is 7.31. The third kappa shape index (κ3) is 4.54. The summed E-state index contributed by atoms with van der Waals surface area (Å²) in [7, 11) is 0. The van der Waals surface area contributed by atoms with Gasteiger partial charge < -0.3 is 10.4 Å². The number of benzene rings is 3. The van der Waals surface area contributed by atoms with Gasteiger partial charge in [-0.25, -0.2) is 0 Å². The molecule has 0 bridgehead atoms. The zero-order valence-electron chi connectivity index (χ0n) is 17.3. The molecule has 156 valence electrons. The van der Waals surface area contributed by atoms with Gasteiger partial charge in [-0.3, -0.25) is 4.79 Å². The topological polar surface area (TPSA) is 80.0 Å². The minimum atomic E-state index is -0.366. The molecule has 3 aromatic carbocycles. The average molecular weight is 412 g/mol. The molecule has 31 heavy (non-hydrogen) atoms. The number of aryl methyl sites for hydroxylation is 1. The van der Waals surface area contributed by atoms with E-state index in [2.05, 4.69) is 39.8 Å². The largest absolute Gasteiger partial charge is 0.390 e. The molecule has 0 aliphatic rings. The zero-order valence-corrected chi connectivity index (χ0v) is 17.3. The van der Waals surface area contributed by atoms with Crippen LogP contribution in [0, 0.1) is 6.92 Å². The van der Waals surface area contributed by atoms with Crippen LogP contribution in [-0.2, 0) is 6.61 Å². The van der Waals surface area contributed by atoms with Crippen molar-refractivity contribution >= 4 is 5.91 Å². The van der Waals surface area contributed by atoms with Crippen LogP contribution in [0.1, 0.15) is 38.8 Å². The number of hydrogen-bond donors (Lipinski definition) is 2. The minimum Gasteiger partial charge on any atom is -0.390 e. The van der Waals surface area contributed by atoms with Crippen LogP contribution in [0.5, 0.6) is 0 Å². The number of aliphatic hydroxyl groups excluding tert-OH is 1. The minimum absolute atomic E-state index is 0.00432. The van der Waals surface area contributed by atoms with Gasteiger partial charge in [0.25, 0.3) is 5.91 Å². The number of nitrogens with one attached hydrogen (secondary N) is 1. The second-order valence-corrected chi connectivity index (χ2v) is 7.31. The molecular formula is C25H24N4O2. The summed E-state index contributed by atoms with van der Waals surface area (Å²) in [5, 5.41) is 21.4. The fraction of sp³-hybridized carbons (Fsp3) is 0.160. The van der Waals surface area contributed by atoms with Gasteiger partial charge >= 0.3 is 0 Å². The molecule has 0 saturated heterocycles. The van der Waals surface area contributed by atoms with Crippen molar-refractivity contribution in [3.05, 3.63) is 113 Å². The first-order valence-electron chi connectivity index (χ1n) is 10.2. The highest BCUT2D eigenvalue weighted by Crippen LogP contribution is 2.24. The lowest BCUT2D eigenvalue weighted by Gasteiger charge is -2.18. The number of rotatable bonds is 7. The Bertz CT molecular complexity index is 1120. The predicted molar refractivity (Wildman–Crippen MR) is 119 cm³/mol. The van der Waals surface area contributed by atoms with Crippen molar-refractivity contribution in [3.63, 3.8) is 0 Å². The highest BCUT2D eigenvalue weighted by Gasteiger charge is 2.21. The molecule has 0 atom stereocenters. The summed E-state index contributed by atoms with van der Waals surface area (Å²) in [5.41, 5.74) is 4.34. The van der Waals surface area contributed by atoms with Crippen molar-refractivity contribution in [2.75, 3.05) is 6.54 Å². The normalized spacial score (nSPS) is 10.9. The first kappa shape index (κ1) is 20.5. The summed E-state index contributed by atoms with van der Waals surface area (Å²) in [6.45, 7) is 1.98. The first-order chi connectivity index (χ1) is 15.2. The molecule has 0 saturated carbocycles. The quantitative estimate of drug-likeness (QED) is 0.486. The van der Waals surface area contributed by atoms with Gasteiger partial charge in [0, 0.05) is 12.5 Å². The van der Waals surface area contributed by atoms with E-state index in [-0.39, 0.29) is 29.8 Å². The lowest BCUT2D eigenvalue weighted by molar-refractivity contribution is 0.0944. The van der Waals surface area contributed by atoms with Gasteiger partial charge in [-0.2, -0.15) is 4.80 Å². The van der Waals surface area contributed by atoms with E-state index >= 15 is 0 Å². The Kier molecular flexibility index (Phi) is 6.19.